The summed E-state index contributed by atoms with van der Waals surface area (Å²) in [6.45, 7) is 5.81. The lowest BCUT2D eigenvalue weighted by molar-refractivity contribution is -0.136. The Balaban J connectivity index is 0. The van der Waals surface area contributed by atoms with Crippen molar-refractivity contribution in [3.05, 3.63) is 0 Å². The van der Waals surface area contributed by atoms with Gasteiger partial charge in [-0.05, 0) is 20.6 Å². The molecule has 0 heterocycles. The minimum absolute atomic E-state index is 0.400. The molecule has 0 aliphatic rings. The molecule has 0 radical (unpaired) electrons. The zero-order chi connectivity index (χ0) is 11.6. The average Bonchev–Trinajstić information content (AvgIpc) is 2.04. The monoisotopic (exact) mass is 221 g/mol. The Kier molecular flexibility index (Phi) is 11.4. The van der Waals surface area contributed by atoms with E-state index in [9.17, 15) is 9.59 Å². The van der Waals surface area contributed by atoms with Gasteiger partial charge in [-0.25, -0.2) is 0 Å². The zero-order valence-corrected chi connectivity index (χ0v) is 10.9. The van der Waals surface area contributed by atoms with Gasteiger partial charge in [0.2, 0.25) is 0 Å². The Hall–Kier alpha value is -0.883. The summed E-state index contributed by atoms with van der Waals surface area (Å²) in [7, 11) is 2.73. The number of nitrogens with zero attached hydrogens (tertiary/aromatic N) is 1. The summed E-state index contributed by atoms with van der Waals surface area (Å²) < 4.78 is 8.82. The highest BCUT2D eigenvalue weighted by Gasteiger charge is 1.95. The molecule has 5 nitrogen and oxygen atoms in total. The molecule has 6 heteroatoms. The van der Waals surface area contributed by atoms with Crippen LogP contribution in [0.4, 0.5) is 0 Å². The third-order valence-corrected chi connectivity index (χ3v) is 2.21. The van der Waals surface area contributed by atoms with E-state index in [0.717, 1.165) is 6.54 Å². The maximum absolute atomic E-state index is 10.0. The Morgan fingerprint density at radius 2 is 1.43 bits per heavy atom. The lowest BCUT2D eigenvalue weighted by Gasteiger charge is -2.00. The van der Waals surface area contributed by atoms with Gasteiger partial charge in [-0.2, -0.15) is 0 Å². The Morgan fingerprint density at radius 3 is 1.57 bits per heavy atom. The van der Waals surface area contributed by atoms with Crippen molar-refractivity contribution in [2.75, 3.05) is 20.6 Å². The highest BCUT2D eigenvalue weighted by atomic mass is 28.3. The van der Waals surface area contributed by atoms with E-state index in [1.807, 2.05) is 0 Å². The molecule has 0 fully saturated rings. The Bertz CT molecular complexity index is 159. The van der Waals surface area contributed by atoms with Crippen molar-refractivity contribution < 1.29 is 18.4 Å². The minimum Gasteiger partial charge on any atom is -0.490 e. The van der Waals surface area contributed by atoms with Gasteiger partial charge in [0, 0.05) is 13.8 Å². The van der Waals surface area contributed by atoms with Gasteiger partial charge in [-0.1, -0.05) is 6.92 Å². The Labute approximate surface area is 87.4 Å². The van der Waals surface area contributed by atoms with E-state index in [0.29, 0.717) is 0 Å². The van der Waals surface area contributed by atoms with Crippen molar-refractivity contribution in [3.63, 3.8) is 0 Å². The number of rotatable bonds is 3. The van der Waals surface area contributed by atoms with Crippen molar-refractivity contribution in [2.45, 2.75) is 20.8 Å². The molecule has 0 aromatic rings. The van der Waals surface area contributed by atoms with Crippen LogP contribution in [0, 0.1) is 0 Å². The summed E-state index contributed by atoms with van der Waals surface area (Å²) >= 11 is 0. The van der Waals surface area contributed by atoms with Crippen molar-refractivity contribution in [3.8, 4) is 0 Å². The first kappa shape index (κ1) is 15.6. The molecule has 14 heavy (non-hydrogen) atoms. The molecule has 0 amide bonds. The van der Waals surface area contributed by atoms with Gasteiger partial charge in [0.15, 0.2) is 0 Å². The van der Waals surface area contributed by atoms with Crippen molar-refractivity contribution in [1.82, 2.24) is 4.90 Å². The van der Waals surface area contributed by atoms with E-state index in [2.05, 4.69) is 34.8 Å². The van der Waals surface area contributed by atoms with E-state index in [4.69, 9.17) is 0 Å². The Morgan fingerprint density at radius 1 is 1.14 bits per heavy atom. The highest BCUT2D eigenvalue weighted by molar-refractivity contribution is 6.25. The lowest BCUT2D eigenvalue weighted by atomic mass is 10.7. The third kappa shape index (κ3) is 22.5. The van der Waals surface area contributed by atoms with Gasteiger partial charge in [-0.15, -0.1) is 0 Å². The first-order valence-electron chi connectivity index (χ1n) is 4.31. The number of carbonyl (C=O) groups is 2. The van der Waals surface area contributed by atoms with Crippen LogP contribution in [0.25, 0.3) is 0 Å². The molecule has 0 unspecified atom stereocenters. The van der Waals surface area contributed by atoms with Crippen molar-refractivity contribution >= 4 is 21.9 Å². The second kappa shape index (κ2) is 10.2. The number of hydrogen-bond acceptors (Lipinski definition) is 5. The molecule has 0 N–H and O–H groups in total. The molecule has 0 spiro atoms. The fourth-order valence-electron chi connectivity index (χ4n) is 0.195. The molecule has 0 rings (SSSR count). The van der Waals surface area contributed by atoms with Gasteiger partial charge in [0.1, 0.15) is 0 Å². The second-order valence-electron chi connectivity index (χ2n) is 2.79. The maximum atomic E-state index is 10.0. The predicted octanol–water partition coefficient (Wildman–Crippen LogP) is -0.321. The highest BCUT2D eigenvalue weighted by Crippen LogP contribution is 1.75. The smallest absolute Gasteiger partial charge is 0.431 e. The molecule has 0 aliphatic carbocycles. The van der Waals surface area contributed by atoms with Crippen LogP contribution in [0.1, 0.15) is 20.8 Å². The lowest BCUT2D eigenvalue weighted by Crippen LogP contribution is -2.11. The van der Waals surface area contributed by atoms with Crippen molar-refractivity contribution in [2.24, 2.45) is 0 Å². The predicted molar refractivity (Wildman–Crippen MR) is 56.3 cm³/mol. The van der Waals surface area contributed by atoms with E-state index < -0.39 is 21.9 Å². The normalized spacial score (nSPS) is 8.71. The summed E-state index contributed by atoms with van der Waals surface area (Å²) in [6, 6.07) is 0. The molecule has 84 valence electrons. The summed E-state index contributed by atoms with van der Waals surface area (Å²) in [5, 5.41) is 0. The van der Waals surface area contributed by atoms with Crippen molar-refractivity contribution in [1.29, 1.82) is 0 Å². The summed E-state index contributed by atoms with van der Waals surface area (Å²) in [5.41, 5.74) is 0. The second-order valence-corrected chi connectivity index (χ2v) is 3.60. The maximum Gasteiger partial charge on any atom is 0.431 e. The summed E-state index contributed by atoms with van der Waals surface area (Å²) in [4.78, 5) is 22.2. The number of carbonyl (C=O) groups excluding carboxylic acids is 2. The van der Waals surface area contributed by atoms with E-state index >= 15 is 0 Å². The van der Waals surface area contributed by atoms with Gasteiger partial charge >= 0.3 is 10.0 Å². The van der Waals surface area contributed by atoms with Crippen LogP contribution < -0.4 is 0 Å². The van der Waals surface area contributed by atoms with Crippen LogP contribution in [0.5, 0.6) is 0 Å². The van der Waals surface area contributed by atoms with E-state index in [1.165, 1.54) is 13.8 Å². The topological polar surface area (TPSA) is 55.8 Å². The van der Waals surface area contributed by atoms with Crippen LogP contribution >= 0.6 is 0 Å². The summed E-state index contributed by atoms with van der Waals surface area (Å²) in [6.07, 6.45) is 0. The standard InChI is InChI=1S/C4H11N.C4H8O4Si/c1-4-5(2)3;1-3(5)7-9-8-4(2)6/h4H2,1-3H3;9H2,1-2H3. The van der Waals surface area contributed by atoms with E-state index in [-0.39, 0.29) is 0 Å². The first-order chi connectivity index (χ1) is 6.40. The van der Waals surface area contributed by atoms with Gasteiger partial charge in [0.05, 0.1) is 0 Å². The van der Waals surface area contributed by atoms with E-state index in [1.54, 1.807) is 0 Å². The van der Waals surface area contributed by atoms with Crippen LogP contribution in [0.3, 0.4) is 0 Å². The van der Waals surface area contributed by atoms with Gasteiger partial charge in [0.25, 0.3) is 11.9 Å². The molecule has 0 aromatic carbocycles. The zero-order valence-electron chi connectivity index (χ0n) is 9.49. The average molecular weight is 221 g/mol. The molecule has 0 atom stereocenters. The van der Waals surface area contributed by atoms with Crippen LogP contribution in [0.2, 0.25) is 0 Å². The molecular weight excluding hydrogens is 202 g/mol. The SMILES string of the molecule is CC(=O)O[SiH2]OC(C)=O.CCN(C)C. The fourth-order valence-corrected chi connectivity index (χ4v) is 0.586. The third-order valence-electron chi connectivity index (χ3n) is 1.16. The largest absolute Gasteiger partial charge is 0.490 e. The molecule has 0 saturated carbocycles. The minimum atomic E-state index is -1.38. The fraction of sp³-hybridized carbons (Fsp3) is 0.750. The molecule has 0 saturated heterocycles. The summed E-state index contributed by atoms with van der Waals surface area (Å²) in [5.74, 6) is -0.800. The molecule has 0 aliphatic heterocycles. The molecular formula is C8H19NO4Si. The van der Waals surface area contributed by atoms with Crippen LogP contribution in [0.15, 0.2) is 0 Å². The van der Waals surface area contributed by atoms with Gasteiger partial charge in [-0.3, -0.25) is 9.59 Å². The van der Waals surface area contributed by atoms with Gasteiger partial charge < -0.3 is 13.8 Å². The molecule has 0 aromatic heterocycles. The number of hydrogen-bond donors (Lipinski definition) is 0. The van der Waals surface area contributed by atoms with Crippen LogP contribution in [-0.4, -0.2) is 47.5 Å². The molecule has 0 bridgehead atoms. The quantitative estimate of drug-likeness (QED) is 0.611. The first-order valence-corrected chi connectivity index (χ1v) is 5.47. The van der Waals surface area contributed by atoms with Crippen LogP contribution in [-0.2, 0) is 18.4 Å².